The molecule has 1 aromatic carbocycles. The zero-order valence-corrected chi connectivity index (χ0v) is 8.00. The van der Waals surface area contributed by atoms with Crippen LogP contribution in [0, 0.1) is 0 Å². The highest BCUT2D eigenvalue weighted by molar-refractivity contribution is 7.10. The molecule has 0 amide bonds. The third kappa shape index (κ3) is 2.30. The topological polar surface area (TPSA) is 0 Å². The van der Waals surface area contributed by atoms with Gasteiger partial charge in [-0.15, -0.1) is 11.3 Å². The summed E-state index contributed by atoms with van der Waals surface area (Å²) < 4.78 is 0. The Bertz CT molecular complexity index is 371. The Balaban J connectivity index is 2.15. The lowest BCUT2D eigenvalue weighted by molar-refractivity contribution is 1.67. The number of thiophene rings is 1. The van der Waals surface area contributed by atoms with Crippen molar-refractivity contribution in [3.63, 3.8) is 0 Å². The summed E-state index contributed by atoms with van der Waals surface area (Å²) in [5, 5.41) is 2.09. The fourth-order valence-corrected chi connectivity index (χ4v) is 1.75. The Kier molecular flexibility index (Phi) is 2.58. The number of hydrogen-bond donors (Lipinski definition) is 0. The van der Waals surface area contributed by atoms with E-state index in [1.807, 2.05) is 18.2 Å². The molecule has 0 atom stereocenters. The van der Waals surface area contributed by atoms with Crippen LogP contribution in [-0.2, 0) is 0 Å². The van der Waals surface area contributed by atoms with E-state index in [-0.39, 0.29) is 0 Å². The van der Waals surface area contributed by atoms with Crippen molar-refractivity contribution < 1.29 is 0 Å². The highest BCUT2D eigenvalue weighted by Gasteiger charge is 1.86. The van der Waals surface area contributed by atoms with Gasteiger partial charge in [-0.1, -0.05) is 42.5 Å². The Hall–Kier alpha value is -1.34. The molecule has 0 bridgehead atoms. The first-order chi connectivity index (χ1) is 6.45. The minimum absolute atomic E-state index is 1.25. The fraction of sp³-hybridized carbons (Fsp3) is 0. The van der Waals surface area contributed by atoms with Crippen molar-refractivity contribution in [2.45, 2.75) is 0 Å². The van der Waals surface area contributed by atoms with E-state index >= 15 is 0 Å². The molecule has 0 saturated carbocycles. The molecule has 0 aliphatic carbocycles. The van der Waals surface area contributed by atoms with Crippen molar-refractivity contribution in [3.8, 4) is 0 Å². The highest BCUT2D eigenvalue weighted by Crippen LogP contribution is 2.12. The summed E-state index contributed by atoms with van der Waals surface area (Å²) in [5.74, 6) is 0. The van der Waals surface area contributed by atoms with Crippen LogP contribution in [0.2, 0.25) is 0 Å². The van der Waals surface area contributed by atoms with Gasteiger partial charge in [-0.05, 0) is 23.1 Å². The number of benzene rings is 1. The average molecular weight is 186 g/mol. The van der Waals surface area contributed by atoms with Crippen molar-refractivity contribution in [2.75, 3.05) is 0 Å². The van der Waals surface area contributed by atoms with Gasteiger partial charge in [0.25, 0.3) is 0 Å². The summed E-state index contributed by atoms with van der Waals surface area (Å²) in [4.78, 5) is 1.30. The van der Waals surface area contributed by atoms with E-state index in [4.69, 9.17) is 0 Å². The maximum Gasteiger partial charge on any atom is 0.0270 e. The van der Waals surface area contributed by atoms with Gasteiger partial charge in [0.15, 0.2) is 0 Å². The molecule has 0 saturated heterocycles. The summed E-state index contributed by atoms with van der Waals surface area (Å²) in [6, 6.07) is 14.5. The lowest BCUT2D eigenvalue weighted by Gasteiger charge is -1.89. The van der Waals surface area contributed by atoms with Crippen molar-refractivity contribution in [3.05, 3.63) is 58.3 Å². The first-order valence-electron chi connectivity index (χ1n) is 4.22. The molecule has 1 aromatic heterocycles. The van der Waals surface area contributed by atoms with Gasteiger partial charge in [0, 0.05) is 4.88 Å². The second-order valence-corrected chi connectivity index (χ2v) is 3.74. The molecular weight excluding hydrogens is 176 g/mol. The summed E-state index contributed by atoms with van der Waals surface area (Å²) in [6.45, 7) is 0. The maximum atomic E-state index is 2.14. The largest absolute Gasteiger partial charge is 0.144 e. The second-order valence-electron chi connectivity index (χ2n) is 2.76. The SMILES string of the molecule is C(=Cc1cccs1)c1ccccc1. The average Bonchev–Trinajstić information content (AvgIpc) is 2.69. The van der Waals surface area contributed by atoms with E-state index in [0.29, 0.717) is 0 Å². The van der Waals surface area contributed by atoms with E-state index in [1.165, 1.54) is 10.4 Å². The second kappa shape index (κ2) is 4.06. The third-order valence-electron chi connectivity index (χ3n) is 1.78. The van der Waals surface area contributed by atoms with E-state index in [1.54, 1.807) is 11.3 Å². The molecule has 13 heavy (non-hydrogen) atoms. The molecule has 1 heteroatoms. The Morgan fingerprint density at radius 1 is 0.846 bits per heavy atom. The van der Waals surface area contributed by atoms with Gasteiger partial charge >= 0.3 is 0 Å². The molecule has 0 fully saturated rings. The zero-order valence-electron chi connectivity index (χ0n) is 7.18. The molecule has 0 aliphatic rings. The first kappa shape index (κ1) is 8.27. The van der Waals surface area contributed by atoms with Gasteiger partial charge in [-0.25, -0.2) is 0 Å². The molecule has 0 spiro atoms. The van der Waals surface area contributed by atoms with E-state index in [2.05, 4.69) is 41.8 Å². The smallest absolute Gasteiger partial charge is 0.0270 e. The molecule has 0 aliphatic heterocycles. The molecule has 64 valence electrons. The van der Waals surface area contributed by atoms with Crippen LogP contribution in [0.3, 0.4) is 0 Å². The molecule has 0 N–H and O–H groups in total. The van der Waals surface area contributed by atoms with Crippen molar-refractivity contribution >= 4 is 23.5 Å². The number of rotatable bonds is 2. The fourth-order valence-electron chi connectivity index (χ4n) is 1.13. The van der Waals surface area contributed by atoms with Crippen LogP contribution >= 0.6 is 11.3 Å². The molecular formula is C12H10S. The Labute approximate surface area is 82.2 Å². The van der Waals surface area contributed by atoms with Crippen LogP contribution in [0.4, 0.5) is 0 Å². The molecule has 0 radical (unpaired) electrons. The summed E-state index contributed by atoms with van der Waals surface area (Å²) >= 11 is 1.76. The number of hydrogen-bond acceptors (Lipinski definition) is 1. The quantitative estimate of drug-likeness (QED) is 0.667. The normalized spacial score (nSPS) is 10.8. The van der Waals surface area contributed by atoms with Crippen LogP contribution in [-0.4, -0.2) is 0 Å². The van der Waals surface area contributed by atoms with Crippen LogP contribution in [0.1, 0.15) is 10.4 Å². The third-order valence-corrected chi connectivity index (χ3v) is 2.62. The lowest BCUT2D eigenvalue weighted by Crippen LogP contribution is -1.67. The van der Waals surface area contributed by atoms with Gasteiger partial charge in [0.1, 0.15) is 0 Å². The molecule has 0 nitrogen and oxygen atoms in total. The van der Waals surface area contributed by atoms with Gasteiger partial charge in [-0.2, -0.15) is 0 Å². The first-order valence-corrected chi connectivity index (χ1v) is 5.10. The standard InChI is InChI=1S/C12H10S/c1-2-5-11(6-3-1)8-9-12-7-4-10-13-12/h1-10H. The van der Waals surface area contributed by atoms with Crippen LogP contribution in [0.25, 0.3) is 12.2 Å². The van der Waals surface area contributed by atoms with Crippen LogP contribution < -0.4 is 0 Å². The van der Waals surface area contributed by atoms with E-state index in [9.17, 15) is 0 Å². The van der Waals surface area contributed by atoms with Gasteiger partial charge in [0.2, 0.25) is 0 Å². The minimum atomic E-state index is 1.25. The summed E-state index contributed by atoms with van der Waals surface area (Å²) in [7, 11) is 0. The highest BCUT2D eigenvalue weighted by atomic mass is 32.1. The van der Waals surface area contributed by atoms with Crippen molar-refractivity contribution in [1.82, 2.24) is 0 Å². The van der Waals surface area contributed by atoms with E-state index < -0.39 is 0 Å². The van der Waals surface area contributed by atoms with Crippen LogP contribution in [0.15, 0.2) is 47.8 Å². The minimum Gasteiger partial charge on any atom is -0.144 e. The summed E-state index contributed by atoms with van der Waals surface area (Å²) in [6.07, 6.45) is 4.27. The molecule has 0 unspecified atom stereocenters. The predicted octanol–water partition coefficient (Wildman–Crippen LogP) is 3.92. The van der Waals surface area contributed by atoms with Crippen LogP contribution in [0.5, 0.6) is 0 Å². The Morgan fingerprint density at radius 3 is 2.38 bits per heavy atom. The maximum absolute atomic E-state index is 2.14. The molecule has 1 heterocycles. The van der Waals surface area contributed by atoms with E-state index in [0.717, 1.165) is 0 Å². The molecule has 2 aromatic rings. The van der Waals surface area contributed by atoms with Gasteiger partial charge in [0.05, 0.1) is 0 Å². The van der Waals surface area contributed by atoms with Gasteiger partial charge < -0.3 is 0 Å². The Morgan fingerprint density at radius 2 is 1.69 bits per heavy atom. The monoisotopic (exact) mass is 186 g/mol. The van der Waals surface area contributed by atoms with Crippen molar-refractivity contribution in [1.29, 1.82) is 0 Å². The van der Waals surface area contributed by atoms with Gasteiger partial charge in [-0.3, -0.25) is 0 Å². The lowest BCUT2D eigenvalue weighted by atomic mass is 10.2. The van der Waals surface area contributed by atoms with Crippen molar-refractivity contribution in [2.24, 2.45) is 0 Å². The molecule has 2 rings (SSSR count). The predicted molar refractivity (Wildman–Crippen MR) is 59.7 cm³/mol. The summed E-state index contributed by atoms with van der Waals surface area (Å²) in [5.41, 5.74) is 1.25. The zero-order chi connectivity index (χ0) is 8.93.